The van der Waals surface area contributed by atoms with E-state index in [9.17, 15) is 19.0 Å². The van der Waals surface area contributed by atoms with Crippen LogP contribution in [-0.4, -0.2) is 74.3 Å². The Morgan fingerprint density at radius 3 is 1.16 bits per heavy atom. The molecule has 0 aliphatic heterocycles. The molecule has 73 heavy (non-hydrogen) atoms. The maximum Gasteiger partial charge on any atom is 0.472 e. The number of hydrogen-bond donors (Lipinski definition) is 2. The Labute approximate surface area is 454 Å². The number of carbonyl (C=O) groups is 2. The van der Waals surface area contributed by atoms with Gasteiger partial charge in [-0.05, 0) is 57.4 Å². The summed E-state index contributed by atoms with van der Waals surface area (Å²) in [6, 6.07) is -0.843. The molecule has 0 saturated carbocycles. The summed E-state index contributed by atoms with van der Waals surface area (Å²) in [4.78, 5) is 37.7. The molecule has 0 heterocycles. The Bertz CT molecular complexity index is 1300. The smallest absolute Gasteiger partial charge is 0.456 e. The predicted octanol–water partition coefficient (Wildman–Crippen LogP) is 19.3. The van der Waals surface area contributed by atoms with Gasteiger partial charge < -0.3 is 19.4 Å². The van der Waals surface area contributed by atoms with Gasteiger partial charge in [0.05, 0.1) is 33.8 Å². The molecule has 3 atom stereocenters. The summed E-state index contributed by atoms with van der Waals surface area (Å²) in [5.74, 6) is -0.491. The van der Waals surface area contributed by atoms with Gasteiger partial charge in [0.25, 0.3) is 0 Å². The van der Waals surface area contributed by atoms with E-state index in [1.807, 2.05) is 33.3 Å². The Balaban J connectivity index is 5.17. The number of esters is 1. The summed E-state index contributed by atoms with van der Waals surface area (Å²) < 4.78 is 30.7. The van der Waals surface area contributed by atoms with Gasteiger partial charge in [-0.3, -0.25) is 18.6 Å². The first-order valence-corrected chi connectivity index (χ1v) is 33.2. The molecule has 1 amide bonds. The second-order valence-electron chi connectivity index (χ2n) is 22.9. The number of quaternary nitrogens is 1. The zero-order valence-electron chi connectivity index (χ0n) is 49.4. The molecule has 0 bridgehead atoms. The Kier molecular flexibility index (Phi) is 52.8. The van der Waals surface area contributed by atoms with E-state index >= 15 is 0 Å². The van der Waals surface area contributed by atoms with E-state index in [-0.39, 0.29) is 25.1 Å². The molecule has 0 aliphatic carbocycles. The van der Waals surface area contributed by atoms with E-state index in [0.717, 1.165) is 57.8 Å². The highest BCUT2D eigenvalue weighted by Crippen LogP contribution is 2.43. The number of unbranched alkanes of at least 4 members (excludes halogenated alkanes) is 40. The van der Waals surface area contributed by atoms with Crippen molar-refractivity contribution < 1.29 is 37.3 Å². The minimum atomic E-state index is -4.44. The Morgan fingerprint density at radius 1 is 0.466 bits per heavy atom. The van der Waals surface area contributed by atoms with Crippen LogP contribution in [0.4, 0.5) is 0 Å². The number of carbonyl (C=O) groups excluding carboxylic acids is 2. The predicted molar refractivity (Wildman–Crippen MR) is 314 cm³/mol. The molecule has 0 aromatic heterocycles. The first-order valence-electron chi connectivity index (χ1n) is 31.7. The maximum absolute atomic E-state index is 13.5. The molecule has 9 nitrogen and oxygen atoms in total. The fraction of sp³-hybridized carbons (Fsp3) is 0.905. The SMILES string of the molecule is CCCCCCCC/C=C/CCCCCCCCCCCC(=O)NC(COP(=O)(O)OCC[N+](C)(C)C)C(/C=C/CCCCCCCCCCC)OC(=O)CCCCCCCCCCCCCCCCCCC. The van der Waals surface area contributed by atoms with Crippen LogP contribution in [0, 0.1) is 0 Å². The molecule has 0 saturated heterocycles. The highest BCUT2D eigenvalue weighted by molar-refractivity contribution is 7.47. The highest BCUT2D eigenvalue weighted by Gasteiger charge is 2.30. The van der Waals surface area contributed by atoms with Crippen molar-refractivity contribution in [3.05, 3.63) is 24.3 Å². The van der Waals surface area contributed by atoms with Gasteiger partial charge in [0.15, 0.2) is 0 Å². The first kappa shape index (κ1) is 71.5. The third kappa shape index (κ3) is 55.1. The summed E-state index contributed by atoms with van der Waals surface area (Å²) in [6.45, 7) is 7.05. The fourth-order valence-electron chi connectivity index (χ4n) is 9.47. The minimum Gasteiger partial charge on any atom is -0.456 e. The van der Waals surface area contributed by atoms with Gasteiger partial charge in [-0.15, -0.1) is 0 Å². The minimum absolute atomic E-state index is 0.0434. The normalized spacial score (nSPS) is 13.8. The van der Waals surface area contributed by atoms with Crippen LogP contribution in [0.5, 0.6) is 0 Å². The van der Waals surface area contributed by atoms with Crippen molar-refractivity contribution in [1.82, 2.24) is 5.32 Å². The number of nitrogens with zero attached hydrogens (tertiary/aromatic N) is 1. The second-order valence-corrected chi connectivity index (χ2v) is 24.4. The molecule has 0 aliphatic rings. The van der Waals surface area contributed by atoms with Gasteiger partial charge in [-0.1, -0.05) is 270 Å². The molecule has 0 aromatic carbocycles. The molecule has 3 unspecified atom stereocenters. The molecule has 0 radical (unpaired) electrons. The van der Waals surface area contributed by atoms with Gasteiger partial charge in [0.2, 0.25) is 5.91 Å². The largest absolute Gasteiger partial charge is 0.472 e. The lowest BCUT2D eigenvalue weighted by molar-refractivity contribution is -0.870. The highest BCUT2D eigenvalue weighted by atomic mass is 31.2. The molecule has 432 valence electrons. The average Bonchev–Trinajstić information content (AvgIpc) is 3.35. The third-order valence-electron chi connectivity index (χ3n) is 14.4. The fourth-order valence-corrected chi connectivity index (χ4v) is 10.2. The van der Waals surface area contributed by atoms with E-state index < -0.39 is 20.0 Å². The van der Waals surface area contributed by atoms with Gasteiger partial charge in [-0.2, -0.15) is 0 Å². The van der Waals surface area contributed by atoms with Crippen LogP contribution in [0.2, 0.25) is 0 Å². The topological polar surface area (TPSA) is 111 Å². The van der Waals surface area contributed by atoms with E-state index in [1.54, 1.807) is 0 Å². The zero-order valence-corrected chi connectivity index (χ0v) is 50.3. The number of hydrogen-bond acceptors (Lipinski definition) is 6. The van der Waals surface area contributed by atoms with E-state index in [0.29, 0.717) is 23.9 Å². The lowest BCUT2D eigenvalue weighted by Gasteiger charge is -2.27. The van der Waals surface area contributed by atoms with Gasteiger partial charge in [0.1, 0.15) is 19.3 Å². The second kappa shape index (κ2) is 53.9. The lowest BCUT2D eigenvalue weighted by atomic mass is 10.0. The van der Waals surface area contributed by atoms with E-state index in [4.69, 9.17) is 13.8 Å². The number of likely N-dealkylation sites (N-methyl/N-ethyl adjacent to an activating group) is 1. The molecular weight excluding hydrogens is 928 g/mol. The lowest BCUT2D eigenvalue weighted by Crippen LogP contribution is -2.47. The number of ether oxygens (including phenoxy) is 1. The van der Waals surface area contributed by atoms with Crippen LogP contribution in [0.3, 0.4) is 0 Å². The number of rotatable bonds is 58. The number of phosphoric acid groups is 1. The molecule has 0 fully saturated rings. The summed E-state index contributed by atoms with van der Waals surface area (Å²) in [6.07, 6.45) is 63.1. The van der Waals surface area contributed by atoms with Crippen LogP contribution >= 0.6 is 7.82 Å². The van der Waals surface area contributed by atoms with Crippen LogP contribution in [-0.2, 0) is 27.9 Å². The Morgan fingerprint density at radius 2 is 0.795 bits per heavy atom. The molecular formula is C63H124N2O7P+. The molecule has 0 rings (SSSR count). The number of allylic oxidation sites excluding steroid dienone is 3. The Hall–Kier alpha value is -1.51. The molecule has 2 N–H and O–H groups in total. The van der Waals surface area contributed by atoms with Crippen LogP contribution < -0.4 is 5.32 Å². The standard InChI is InChI=1S/C63H123N2O7P/c1-7-10-13-16-19-22-25-27-29-31-32-34-35-37-40-43-46-49-52-55-62(66)64-60(59-71-73(68,69)70-58-57-65(4,5)6)61(54-51-48-45-42-39-24-21-18-15-12-9-3)72-63(67)56-53-50-47-44-41-38-36-33-30-28-26-23-20-17-14-11-8-2/h27,29,51,54,60-61H,7-26,28,30-50,52-53,55-59H2,1-6H3,(H-,64,66,68,69)/p+1/b29-27+,54-51+. The average molecular weight is 1050 g/mol. The van der Waals surface area contributed by atoms with Crippen LogP contribution in [0.1, 0.15) is 316 Å². The molecule has 10 heteroatoms. The van der Waals surface area contributed by atoms with Crippen molar-refractivity contribution in [2.75, 3.05) is 40.9 Å². The quantitative estimate of drug-likeness (QED) is 0.0205. The van der Waals surface area contributed by atoms with Crippen molar-refractivity contribution in [1.29, 1.82) is 0 Å². The molecule has 0 spiro atoms. The van der Waals surface area contributed by atoms with Crippen molar-refractivity contribution in [3.63, 3.8) is 0 Å². The van der Waals surface area contributed by atoms with Gasteiger partial charge in [0, 0.05) is 12.8 Å². The van der Waals surface area contributed by atoms with Gasteiger partial charge in [-0.25, -0.2) is 4.57 Å². The van der Waals surface area contributed by atoms with Gasteiger partial charge >= 0.3 is 13.8 Å². The summed E-state index contributed by atoms with van der Waals surface area (Å²) >= 11 is 0. The number of amides is 1. The zero-order chi connectivity index (χ0) is 53.6. The summed E-state index contributed by atoms with van der Waals surface area (Å²) in [5, 5.41) is 3.06. The van der Waals surface area contributed by atoms with E-state index in [1.165, 1.54) is 225 Å². The van der Waals surface area contributed by atoms with Crippen molar-refractivity contribution in [2.45, 2.75) is 328 Å². The van der Waals surface area contributed by atoms with Crippen LogP contribution in [0.15, 0.2) is 24.3 Å². The third-order valence-corrected chi connectivity index (χ3v) is 15.4. The van der Waals surface area contributed by atoms with E-state index in [2.05, 4.69) is 38.2 Å². The molecule has 0 aromatic rings. The van der Waals surface area contributed by atoms with Crippen molar-refractivity contribution >= 4 is 19.7 Å². The van der Waals surface area contributed by atoms with Crippen LogP contribution in [0.25, 0.3) is 0 Å². The summed E-state index contributed by atoms with van der Waals surface area (Å²) in [5.41, 5.74) is 0. The number of nitrogens with one attached hydrogen (secondary N) is 1. The number of phosphoric ester groups is 1. The van der Waals surface area contributed by atoms with Crippen molar-refractivity contribution in [2.24, 2.45) is 0 Å². The van der Waals surface area contributed by atoms with Crippen molar-refractivity contribution in [3.8, 4) is 0 Å². The summed E-state index contributed by atoms with van der Waals surface area (Å²) in [7, 11) is 1.51. The monoisotopic (exact) mass is 1050 g/mol. The maximum atomic E-state index is 13.5. The first-order chi connectivity index (χ1) is 35.4.